The molecule has 2 rings (SSSR count). The van der Waals surface area contributed by atoms with E-state index in [2.05, 4.69) is 15.5 Å². The highest BCUT2D eigenvalue weighted by molar-refractivity contribution is 5.83. The molecule has 8 nitrogen and oxygen atoms in total. The Labute approximate surface area is 132 Å². The van der Waals surface area contributed by atoms with Gasteiger partial charge in [-0.05, 0) is 12.0 Å². The third-order valence-corrected chi connectivity index (χ3v) is 3.61. The Morgan fingerprint density at radius 2 is 2.22 bits per heavy atom. The van der Waals surface area contributed by atoms with Gasteiger partial charge in [0.05, 0.1) is 11.8 Å². The number of amides is 1. The number of carboxylic acids is 1. The van der Waals surface area contributed by atoms with Gasteiger partial charge >= 0.3 is 5.97 Å². The molecule has 0 fully saturated rings. The summed E-state index contributed by atoms with van der Waals surface area (Å²) >= 11 is 0. The summed E-state index contributed by atoms with van der Waals surface area (Å²) in [7, 11) is 0. The largest absolute Gasteiger partial charge is 0.480 e. The van der Waals surface area contributed by atoms with Crippen LogP contribution in [-0.4, -0.2) is 33.2 Å². The summed E-state index contributed by atoms with van der Waals surface area (Å²) in [6.45, 7) is 3.66. The van der Waals surface area contributed by atoms with Crippen LogP contribution in [0.15, 0.2) is 27.5 Å². The predicted octanol–water partition coefficient (Wildman–Crippen LogP) is 1.88. The summed E-state index contributed by atoms with van der Waals surface area (Å²) in [5.41, 5.74) is 0.687. The lowest BCUT2D eigenvalue weighted by molar-refractivity contribution is -0.143. The Morgan fingerprint density at radius 1 is 1.43 bits per heavy atom. The van der Waals surface area contributed by atoms with Gasteiger partial charge in [-0.15, -0.1) is 0 Å². The molecular formula is C15H19N3O5. The Kier molecular flexibility index (Phi) is 5.51. The minimum absolute atomic E-state index is 0.0766. The molecule has 0 saturated heterocycles. The third-order valence-electron chi connectivity index (χ3n) is 3.61. The summed E-state index contributed by atoms with van der Waals surface area (Å²) in [5, 5.41) is 15.5. The summed E-state index contributed by atoms with van der Waals surface area (Å²) in [6, 6.07) is 0.807. The molecule has 1 amide bonds. The molecule has 0 aliphatic heterocycles. The first-order valence-corrected chi connectivity index (χ1v) is 7.38. The molecule has 0 radical (unpaired) electrons. The van der Waals surface area contributed by atoms with Crippen molar-refractivity contribution in [3.05, 3.63) is 24.5 Å². The van der Waals surface area contributed by atoms with Crippen molar-refractivity contribution >= 4 is 11.9 Å². The molecule has 0 saturated carbocycles. The van der Waals surface area contributed by atoms with Crippen LogP contribution in [0.3, 0.4) is 0 Å². The first kappa shape index (κ1) is 16.7. The molecule has 2 heterocycles. The molecule has 0 bridgehead atoms. The topological polar surface area (TPSA) is 118 Å². The molecule has 124 valence electrons. The van der Waals surface area contributed by atoms with Crippen molar-refractivity contribution in [3.8, 4) is 11.4 Å². The first-order chi connectivity index (χ1) is 11.0. The Balaban J connectivity index is 1.88. The monoisotopic (exact) mass is 321 g/mol. The molecule has 2 aromatic rings. The minimum Gasteiger partial charge on any atom is -0.480 e. The van der Waals surface area contributed by atoms with Gasteiger partial charge in [-0.1, -0.05) is 25.4 Å². The van der Waals surface area contributed by atoms with Gasteiger partial charge in [-0.25, -0.2) is 4.79 Å². The number of carbonyl (C=O) groups is 2. The number of nitrogens with one attached hydrogen (secondary N) is 1. The zero-order valence-corrected chi connectivity index (χ0v) is 13.0. The molecule has 2 atom stereocenters. The lowest BCUT2D eigenvalue weighted by Crippen LogP contribution is -2.45. The van der Waals surface area contributed by atoms with E-state index < -0.39 is 12.0 Å². The summed E-state index contributed by atoms with van der Waals surface area (Å²) < 4.78 is 9.99. The van der Waals surface area contributed by atoms with Gasteiger partial charge in [-0.3, -0.25) is 4.79 Å². The second-order valence-electron chi connectivity index (χ2n) is 5.29. The zero-order valence-electron chi connectivity index (χ0n) is 13.0. The van der Waals surface area contributed by atoms with Crippen molar-refractivity contribution in [3.63, 3.8) is 0 Å². The van der Waals surface area contributed by atoms with Crippen LogP contribution in [0.1, 0.15) is 32.6 Å². The normalized spacial score (nSPS) is 13.5. The van der Waals surface area contributed by atoms with Gasteiger partial charge in [0, 0.05) is 12.8 Å². The number of hydrogen-bond acceptors (Lipinski definition) is 6. The van der Waals surface area contributed by atoms with Crippen molar-refractivity contribution in [2.45, 2.75) is 39.2 Å². The van der Waals surface area contributed by atoms with Crippen LogP contribution in [0.5, 0.6) is 0 Å². The number of aryl methyl sites for hydroxylation is 1. The predicted molar refractivity (Wildman–Crippen MR) is 79.3 cm³/mol. The second kappa shape index (κ2) is 7.57. The van der Waals surface area contributed by atoms with Crippen LogP contribution in [-0.2, 0) is 16.0 Å². The quantitative estimate of drug-likeness (QED) is 0.761. The maximum atomic E-state index is 11.9. The van der Waals surface area contributed by atoms with Crippen LogP contribution in [0.25, 0.3) is 11.4 Å². The van der Waals surface area contributed by atoms with E-state index in [4.69, 9.17) is 14.0 Å². The number of aromatic nitrogens is 2. The fourth-order valence-corrected chi connectivity index (χ4v) is 2.01. The SMILES string of the molecule is CC[C@H](C)[C@H](NC(=O)CCc1nc(-c2ccoc2)no1)C(=O)O. The van der Waals surface area contributed by atoms with E-state index in [-0.39, 0.29) is 24.7 Å². The van der Waals surface area contributed by atoms with Crippen LogP contribution in [0.2, 0.25) is 0 Å². The number of furan rings is 1. The molecule has 0 aliphatic carbocycles. The van der Waals surface area contributed by atoms with Gasteiger partial charge in [0.15, 0.2) is 0 Å². The second-order valence-corrected chi connectivity index (χ2v) is 5.29. The standard InChI is InChI=1S/C15H19N3O5/c1-3-9(2)13(15(20)21)16-11(19)4-5-12-17-14(18-23-12)10-6-7-22-8-10/h6-9,13H,3-5H2,1-2H3,(H,16,19)(H,20,21)/t9-,13-/m0/s1. The number of carbonyl (C=O) groups excluding carboxylic acids is 1. The molecular weight excluding hydrogens is 302 g/mol. The summed E-state index contributed by atoms with van der Waals surface area (Å²) in [4.78, 5) is 27.2. The molecule has 2 aromatic heterocycles. The maximum Gasteiger partial charge on any atom is 0.326 e. The first-order valence-electron chi connectivity index (χ1n) is 7.38. The molecule has 8 heteroatoms. The maximum absolute atomic E-state index is 11.9. The molecule has 0 unspecified atom stereocenters. The number of aliphatic carboxylic acids is 1. The van der Waals surface area contributed by atoms with E-state index in [9.17, 15) is 9.59 Å². The van der Waals surface area contributed by atoms with Gasteiger partial charge in [0.2, 0.25) is 17.6 Å². The van der Waals surface area contributed by atoms with E-state index in [1.54, 1.807) is 13.0 Å². The van der Waals surface area contributed by atoms with Crippen molar-refractivity contribution in [1.29, 1.82) is 0 Å². The molecule has 2 N–H and O–H groups in total. The molecule has 0 aliphatic rings. The number of carboxylic acid groups (broad SMARTS) is 1. The fourth-order valence-electron chi connectivity index (χ4n) is 2.01. The number of rotatable bonds is 8. The minimum atomic E-state index is -1.03. The van der Waals surface area contributed by atoms with Crippen LogP contribution >= 0.6 is 0 Å². The highest BCUT2D eigenvalue weighted by Crippen LogP contribution is 2.16. The van der Waals surface area contributed by atoms with E-state index in [0.29, 0.717) is 23.7 Å². The van der Waals surface area contributed by atoms with Crippen LogP contribution < -0.4 is 5.32 Å². The van der Waals surface area contributed by atoms with Crippen LogP contribution in [0.4, 0.5) is 0 Å². The average molecular weight is 321 g/mol. The molecule has 0 aromatic carbocycles. The lowest BCUT2D eigenvalue weighted by atomic mass is 9.99. The van der Waals surface area contributed by atoms with E-state index in [0.717, 1.165) is 0 Å². The number of nitrogens with zero attached hydrogens (tertiary/aromatic N) is 2. The van der Waals surface area contributed by atoms with Gasteiger partial charge in [0.25, 0.3) is 0 Å². The Bertz CT molecular complexity index is 650. The molecule has 0 spiro atoms. The van der Waals surface area contributed by atoms with Gasteiger partial charge in [-0.2, -0.15) is 4.98 Å². The Morgan fingerprint density at radius 3 is 2.83 bits per heavy atom. The summed E-state index contributed by atoms with van der Waals surface area (Å²) in [6.07, 6.45) is 3.97. The highest BCUT2D eigenvalue weighted by Gasteiger charge is 2.25. The molecule has 23 heavy (non-hydrogen) atoms. The number of hydrogen-bond donors (Lipinski definition) is 2. The Hall–Kier alpha value is -2.64. The smallest absolute Gasteiger partial charge is 0.326 e. The van der Waals surface area contributed by atoms with Crippen molar-refractivity contribution in [2.75, 3.05) is 0 Å². The van der Waals surface area contributed by atoms with E-state index in [1.807, 2.05) is 6.92 Å². The zero-order chi connectivity index (χ0) is 16.8. The van der Waals surface area contributed by atoms with Crippen molar-refractivity contribution in [1.82, 2.24) is 15.5 Å². The average Bonchev–Trinajstić information content (AvgIpc) is 3.20. The van der Waals surface area contributed by atoms with Crippen LogP contribution in [0, 0.1) is 5.92 Å². The van der Waals surface area contributed by atoms with Crippen molar-refractivity contribution in [2.24, 2.45) is 5.92 Å². The van der Waals surface area contributed by atoms with Gasteiger partial charge in [0.1, 0.15) is 12.3 Å². The lowest BCUT2D eigenvalue weighted by Gasteiger charge is -2.19. The van der Waals surface area contributed by atoms with E-state index >= 15 is 0 Å². The highest BCUT2D eigenvalue weighted by atomic mass is 16.5. The van der Waals surface area contributed by atoms with Gasteiger partial charge < -0.3 is 19.4 Å². The summed E-state index contributed by atoms with van der Waals surface area (Å²) in [5.74, 6) is -0.843. The van der Waals surface area contributed by atoms with Crippen molar-refractivity contribution < 1.29 is 23.6 Å². The fraction of sp³-hybridized carbons (Fsp3) is 0.467. The van der Waals surface area contributed by atoms with E-state index in [1.165, 1.54) is 12.5 Å². The third kappa shape index (κ3) is 4.41.